The number of hydrogen-bond acceptors (Lipinski definition) is 5. The quantitative estimate of drug-likeness (QED) is 0.833. The first kappa shape index (κ1) is 18.7. The number of carbonyl (C=O) groups excluding carboxylic acids is 1. The Kier molecular flexibility index (Phi) is 5.48. The van der Waals surface area contributed by atoms with Crippen LogP contribution in [0.25, 0.3) is 11.3 Å². The molecule has 1 N–H and O–H groups in total. The lowest BCUT2D eigenvalue weighted by Crippen LogP contribution is -2.31. The molecule has 0 bridgehead atoms. The van der Waals surface area contributed by atoms with Crippen LogP contribution >= 0.6 is 0 Å². The first-order valence-electron chi connectivity index (χ1n) is 9.95. The maximum atomic E-state index is 12.5. The number of ether oxygens (including phenoxy) is 2. The van der Waals surface area contributed by atoms with Gasteiger partial charge in [0.05, 0.1) is 11.3 Å². The lowest BCUT2D eigenvalue weighted by molar-refractivity contribution is 0.0947. The number of benzene rings is 1. The molecule has 6 heteroatoms. The van der Waals surface area contributed by atoms with Crippen molar-refractivity contribution in [3.63, 3.8) is 0 Å². The van der Waals surface area contributed by atoms with Crippen LogP contribution in [-0.4, -0.2) is 48.8 Å². The van der Waals surface area contributed by atoms with Crippen molar-refractivity contribution in [2.24, 2.45) is 11.8 Å². The zero-order chi connectivity index (χ0) is 19.5. The van der Waals surface area contributed by atoms with E-state index in [0.29, 0.717) is 17.4 Å². The van der Waals surface area contributed by atoms with Crippen molar-refractivity contribution in [2.45, 2.75) is 20.3 Å². The molecule has 148 valence electrons. The van der Waals surface area contributed by atoms with E-state index in [1.54, 1.807) is 6.20 Å². The van der Waals surface area contributed by atoms with Gasteiger partial charge >= 0.3 is 0 Å². The molecule has 1 atom stereocenters. The summed E-state index contributed by atoms with van der Waals surface area (Å²) in [5.41, 5.74) is 2.32. The normalized spacial score (nSPS) is 18.6. The number of nitrogens with one attached hydrogen (secondary N) is 1. The molecule has 28 heavy (non-hydrogen) atoms. The Morgan fingerprint density at radius 1 is 1.25 bits per heavy atom. The third-order valence-electron chi connectivity index (χ3n) is 5.24. The van der Waals surface area contributed by atoms with Gasteiger partial charge in [0.25, 0.3) is 5.91 Å². The van der Waals surface area contributed by atoms with Gasteiger partial charge in [0.15, 0.2) is 11.5 Å². The summed E-state index contributed by atoms with van der Waals surface area (Å²) in [6, 6.07) is 9.42. The summed E-state index contributed by atoms with van der Waals surface area (Å²) in [5, 5.41) is 3.07. The van der Waals surface area contributed by atoms with Gasteiger partial charge in [0.2, 0.25) is 6.79 Å². The molecule has 1 saturated heterocycles. The van der Waals surface area contributed by atoms with E-state index in [1.165, 1.54) is 0 Å². The van der Waals surface area contributed by atoms with Crippen LogP contribution in [-0.2, 0) is 0 Å². The molecule has 2 aliphatic rings. The Labute approximate surface area is 165 Å². The van der Waals surface area contributed by atoms with E-state index in [9.17, 15) is 4.79 Å². The molecule has 1 amide bonds. The SMILES string of the molecule is CC(C)CN1CCC(CNC(=O)c2ccc(-c3ccc4c(c3)OCO4)nc2)C1. The van der Waals surface area contributed by atoms with Crippen LogP contribution in [0.1, 0.15) is 30.6 Å². The van der Waals surface area contributed by atoms with Crippen LogP contribution in [0.5, 0.6) is 11.5 Å². The van der Waals surface area contributed by atoms with Crippen LogP contribution in [0.15, 0.2) is 36.5 Å². The second kappa shape index (κ2) is 8.19. The molecule has 2 aliphatic heterocycles. The molecule has 1 aromatic carbocycles. The number of aromatic nitrogens is 1. The summed E-state index contributed by atoms with van der Waals surface area (Å²) in [4.78, 5) is 19.4. The summed E-state index contributed by atoms with van der Waals surface area (Å²) in [6.07, 6.45) is 2.78. The molecule has 1 unspecified atom stereocenters. The zero-order valence-electron chi connectivity index (χ0n) is 16.5. The highest BCUT2D eigenvalue weighted by molar-refractivity contribution is 5.94. The van der Waals surface area contributed by atoms with Crippen molar-refractivity contribution in [3.8, 4) is 22.8 Å². The van der Waals surface area contributed by atoms with Crippen molar-refractivity contribution >= 4 is 5.91 Å². The Morgan fingerprint density at radius 2 is 2.11 bits per heavy atom. The largest absolute Gasteiger partial charge is 0.454 e. The first-order chi connectivity index (χ1) is 13.6. The van der Waals surface area contributed by atoms with Gasteiger partial charge in [0, 0.05) is 31.4 Å². The average Bonchev–Trinajstić information content (AvgIpc) is 3.34. The standard InChI is InChI=1S/C22H27N3O3/c1-15(2)12-25-8-7-16(13-25)10-24-22(26)18-3-5-19(23-11-18)17-4-6-20-21(9-17)28-14-27-20/h3-6,9,11,15-16H,7-8,10,12-14H2,1-2H3,(H,24,26). The van der Waals surface area contributed by atoms with Gasteiger partial charge < -0.3 is 19.7 Å². The molecule has 3 heterocycles. The molecule has 0 spiro atoms. The lowest BCUT2D eigenvalue weighted by Gasteiger charge is -2.18. The summed E-state index contributed by atoms with van der Waals surface area (Å²) in [5.74, 6) is 2.63. The van der Waals surface area contributed by atoms with E-state index in [1.807, 2.05) is 30.3 Å². The molecule has 1 fully saturated rings. The molecule has 6 nitrogen and oxygen atoms in total. The van der Waals surface area contributed by atoms with Gasteiger partial charge in [-0.3, -0.25) is 9.78 Å². The second-order valence-electron chi connectivity index (χ2n) is 8.02. The maximum absolute atomic E-state index is 12.5. The molecule has 0 aliphatic carbocycles. The van der Waals surface area contributed by atoms with Crippen molar-refractivity contribution in [3.05, 3.63) is 42.1 Å². The fraction of sp³-hybridized carbons (Fsp3) is 0.455. The number of fused-ring (bicyclic) bond motifs is 1. The zero-order valence-corrected chi connectivity index (χ0v) is 16.5. The molecule has 2 aromatic rings. The minimum Gasteiger partial charge on any atom is -0.454 e. The Bertz CT molecular complexity index is 835. The summed E-state index contributed by atoms with van der Waals surface area (Å²) in [6.45, 7) is 8.80. The Morgan fingerprint density at radius 3 is 2.89 bits per heavy atom. The van der Waals surface area contributed by atoms with E-state index in [-0.39, 0.29) is 12.7 Å². The topological polar surface area (TPSA) is 63.7 Å². The van der Waals surface area contributed by atoms with Crippen LogP contribution in [0.4, 0.5) is 0 Å². The van der Waals surface area contributed by atoms with Gasteiger partial charge in [-0.25, -0.2) is 0 Å². The average molecular weight is 381 g/mol. The molecular weight excluding hydrogens is 354 g/mol. The number of likely N-dealkylation sites (tertiary alicyclic amines) is 1. The van der Waals surface area contributed by atoms with E-state index in [0.717, 1.165) is 55.4 Å². The number of carbonyl (C=O) groups is 1. The van der Waals surface area contributed by atoms with Crippen molar-refractivity contribution in [2.75, 3.05) is 33.0 Å². The number of amides is 1. The highest BCUT2D eigenvalue weighted by Gasteiger charge is 2.23. The third kappa shape index (κ3) is 4.28. The number of pyridine rings is 1. The molecule has 4 rings (SSSR count). The smallest absolute Gasteiger partial charge is 0.252 e. The van der Waals surface area contributed by atoms with Crippen LogP contribution < -0.4 is 14.8 Å². The van der Waals surface area contributed by atoms with E-state index < -0.39 is 0 Å². The van der Waals surface area contributed by atoms with E-state index >= 15 is 0 Å². The molecular formula is C22H27N3O3. The predicted octanol–water partition coefficient (Wildman–Crippen LogP) is 3.19. The summed E-state index contributed by atoms with van der Waals surface area (Å²) < 4.78 is 10.7. The lowest BCUT2D eigenvalue weighted by atomic mass is 10.1. The van der Waals surface area contributed by atoms with Crippen molar-refractivity contribution in [1.29, 1.82) is 0 Å². The van der Waals surface area contributed by atoms with Gasteiger partial charge in [-0.1, -0.05) is 13.8 Å². The van der Waals surface area contributed by atoms with E-state index in [4.69, 9.17) is 9.47 Å². The van der Waals surface area contributed by atoms with Crippen molar-refractivity contribution < 1.29 is 14.3 Å². The molecule has 0 radical (unpaired) electrons. The minimum atomic E-state index is -0.0629. The van der Waals surface area contributed by atoms with Crippen molar-refractivity contribution in [1.82, 2.24) is 15.2 Å². The fourth-order valence-electron chi connectivity index (χ4n) is 3.86. The highest BCUT2D eigenvalue weighted by Crippen LogP contribution is 2.35. The minimum absolute atomic E-state index is 0.0629. The summed E-state index contributed by atoms with van der Waals surface area (Å²) in [7, 11) is 0. The number of rotatable bonds is 6. The van der Waals surface area contributed by atoms with Crippen LogP contribution in [0.3, 0.4) is 0 Å². The highest BCUT2D eigenvalue weighted by atomic mass is 16.7. The monoisotopic (exact) mass is 381 g/mol. The van der Waals surface area contributed by atoms with Crippen LogP contribution in [0, 0.1) is 11.8 Å². The predicted molar refractivity (Wildman–Crippen MR) is 108 cm³/mol. The van der Waals surface area contributed by atoms with Gasteiger partial charge in [-0.15, -0.1) is 0 Å². The first-order valence-corrected chi connectivity index (χ1v) is 9.95. The molecule has 0 saturated carbocycles. The molecule has 1 aromatic heterocycles. The van der Waals surface area contributed by atoms with Gasteiger partial charge in [-0.2, -0.15) is 0 Å². The third-order valence-corrected chi connectivity index (χ3v) is 5.24. The fourth-order valence-corrected chi connectivity index (χ4v) is 3.86. The maximum Gasteiger partial charge on any atom is 0.252 e. The number of hydrogen-bond donors (Lipinski definition) is 1. The Hall–Kier alpha value is -2.60. The second-order valence-corrected chi connectivity index (χ2v) is 8.02. The van der Waals surface area contributed by atoms with E-state index in [2.05, 4.69) is 29.0 Å². The van der Waals surface area contributed by atoms with Gasteiger partial charge in [-0.05, 0) is 55.1 Å². The van der Waals surface area contributed by atoms with Gasteiger partial charge in [0.1, 0.15) is 0 Å². The summed E-state index contributed by atoms with van der Waals surface area (Å²) >= 11 is 0. The Balaban J connectivity index is 1.32. The number of nitrogens with zero attached hydrogens (tertiary/aromatic N) is 2. The van der Waals surface area contributed by atoms with Crippen LogP contribution in [0.2, 0.25) is 0 Å².